The number of pyridine rings is 1. The second-order valence-corrected chi connectivity index (χ2v) is 26.8. The molecule has 0 fully saturated rings. The Bertz CT molecular complexity index is 4550. The summed E-state index contributed by atoms with van der Waals surface area (Å²) in [5.74, 6) is 1.96. The van der Waals surface area contributed by atoms with Crippen molar-refractivity contribution in [1.29, 1.82) is 0 Å². The molecular formula is C79H67N5OPt-2. The normalized spacial score (nSPS) is 13.5. The molecule has 14 rings (SSSR count). The number of hydrogen-bond acceptors (Lipinski definition) is 4. The topological polar surface area (TPSA) is 38.5 Å². The number of aromatic nitrogens is 3. The van der Waals surface area contributed by atoms with Crippen LogP contribution in [0.5, 0.6) is 11.5 Å². The van der Waals surface area contributed by atoms with Crippen LogP contribution in [0.15, 0.2) is 243 Å². The van der Waals surface area contributed by atoms with Gasteiger partial charge in [0.2, 0.25) is 0 Å². The standard InChI is InChI=1S/C79H67N5O.Pt/c1-76(2,3)55-40-43-70-67(48-55)79(64-34-19-21-36-68(64)83(58-30-17-12-18-31-58)69-37-22-20-35-65(69)79)66-42-41-60(51-73(66)84(70)74-49-56(44-45-80-74)77(4,5)6)85-61-47-57(78(7,8)9)46-59(50-61)81-52-82(72-39-24-23-38-71(72)81)75-62(53-26-13-10-14-27-53)32-25-33-63(75)54-28-15-11-16-29-54;/h10-49H,1-9H3;/q-2;. The van der Waals surface area contributed by atoms with Crippen LogP contribution in [0.25, 0.3) is 44.7 Å². The van der Waals surface area contributed by atoms with Crippen LogP contribution in [0.2, 0.25) is 0 Å². The summed E-state index contributed by atoms with van der Waals surface area (Å²) in [6.07, 6.45) is 1.96. The van der Waals surface area contributed by atoms with Gasteiger partial charge in [-0.3, -0.25) is 0 Å². The van der Waals surface area contributed by atoms with E-state index in [0.717, 1.165) is 93.8 Å². The van der Waals surface area contributed by atoms with Gasteiger partial charge < -0.3 is 4.90 Å². The fraction of sp³-hybridized carbons (Fsp3) is 0.165. The molecule has 0 saturated heterocycles. The molecule has 0 atom stereocenters. The molecule has 2 aliphatic heterocycles. The van der Waals surface area contributed by atoms with Crippen LogP contribution in [-0.2, 0) is 41.0 Å². The van der Waals surface area contributed by atoms with Crippen molar-refractivity contribution in [1.82, 2.24) is 14.1 Å². The van der Waals surface area contributed by atoms with Crippen LogP contribution in [0, 0.1) is 15.9 Å². The quantitative estimate of drug-likeness (QED) is 0.142. The van der Waals surface area contributed by atoms with Gasteiger partial charge in [0, 0.05) is 23.3 Å². The van der Waals surface area contributed by atoms with Crippen LogP contribution < -0.4 is 14.5 Å². The molecule has 0 N–H and O–H groups in total. The van der Waals surface area contributed by atoms with Gasteiger partial charge in [0.15, 0.2) is 0 Å². The van der Waals surface area contributed by atoms with Crippen molar-refractivity contribution < 1.29 is 24.1 Å². The van der Waals surface area contributed by atoms with Gasteiger partial charge in [-0.1, -0.05) is 108 Å². The summed E-state index contributed by atoms with van der Waals surface area (Å²) in [4.78, 5) is 10.0. The minimum atomic E-state index is -0.815. The van der Waals surface area contributed by atoms with Gasteiger partial charge in [-0.25, -0.2) is 0 Å². The predicted molar refractivity (Wildman–Crippen MR) is 350 cm³/mol. The van der Waals surface area contributed by atoms with Crippen molar-refractivity contribution >= 4 is 45.3 Å². The van der Waals surface area contributed by atoms with E-state index >= 15 is 0 Å². The molecular weight excluding hydrogens is 1230 g/mol. The Morgan fingerprint density at radius 2 is 0.953 bits per heavy atom. The van der Waals surface area contributed by atoms with Gasteiger partial charge in [-0.2, -0.15) is 0 Å². The van der Waals surface area contributed by atoms with Gasteiger partial charge in [0.05, 0.1) is 0 Å². The molecule has 6 nitrogen and oxygen atoms in total. The third-order valence-electron chi connectivity index (χ3n) is 17.3. The van der Waals surface area contributed by atoms with Crippen molar-refractivity contribution in [2.45, 2.75) is 84.0 Å². The first-order valence-electron chi connectivity index (χ1n) is 29.7. The Hall–Kier alpha value is -9.09. The number of hydrogen-bond donors (Lipinski definition) is 0. The summed E-state index contributed by atoms with van der Waals surface area (Å²) in [5, 5.41) is 0. The van der Waals surface area contributed by atoms with E-state index in [4.69, 9.17) is 9.72 Å². The first-order valence-corrected chi connectivity index (χ1v) is 30.8. The van der Waals surface area contributed by atoms with Gasteiger partial charge in [-0.15, -0.1) is 0 Å². The fourth-order valence-electron chi connectivity index (χ4n) is 13.0. The number of nitrogens with zero attached hydrogens (tertiary/aromatic N) is 5. The number of fused-ring (bicyclic) bond motifs is 9. The molecule has 2 aliphatic rings. The molecule has 2 aromatic heterocycles. The Morgan fingerprint density at radius 1 is 0.419 bits per heavy atom. The average molecular weight is 1300 g/mol. The molecule has 0 saturated carbocycles. The summed E-state index contributed by atoms with van der Waals surface area (Å²) in [5.41, 5.74) is 20.7. The zero-order valence-electron chi connectivity index (χ0n) is 50.1. The van der Waals surface area contributed by atoms with Gasteiger partial charge in [0.25, 0.3) is 0 Å². The molecule has 4 heterocycles. The van der Waals surface area contributed by atoms with E-state index in [-0.39, 0.29) is 16.2 Å². The second kappa shape index (κ2) is 20.9. The molecule has 86 heavy (non-hydrogen) atoms. The van der Waals surface area contributed by atoms with E-state index in [1.165, 1.54) is 27.8 Å². The van der Waals surface area contributed by atoms with Crippen molar-refractivity contribution in [2.75, 3.05) is 9.80 Å². The van der Waals surface area contributed by atoms with Crippen LogP contribution in [-0.4, -0.2) is 14.1 Å². The number of anilines is 6. The summed E-state index contributed by atoms with van der Waals surface area (Å²) in [6, 6.07) is 93.8. The van der Waals surface area contributed by atoms with E-state index in [0.29, 0.717) is 11.5 Å². The molecule has 0 amide bonds. The molecule has 0 bridgehead atoms. The van der Waals surface area contributed by atoms with Gasteiger partial charge in [0.1, 0.15) is 0 Å². The zero-order valence-corrected chi connectivity index (χ0v) is 52.3. The van der Waals surface area contributed by atoms with Crippen molar-refractivity contribution in [3.63, 3.8) is 0 Å². The molecule has 426 valence electrons. The Labute approximate surface area is 516 Å². The maximum atomic E-state index is 7.35. The fourth-order valence-corrected chi connectivity index (χ4v) is 14.1. The number of rotatable bonds is 8. The van der Waals surface area contributed by atoms with E-state index in [1.54, 1.807) is 0 Å². The van der Waals surface area contributed by atoms with Gasteiger partial charge in [-0.05, 0) is 52.3 Å². The van der Waals surface area contributed by atoms with Crippen LogP contribution in [0.4, 0.5) is 34.3 Å². The monoisotopic (exact) mass is 1300 g/mol. The second-order valence-electron chi connectivity index (χ2n) is 25.8. The van der Waals surface area contributed by atoms with E-state index < -0.39 is 5.41 Å². The van der Waals surface area contributed by atoms with Gasteiger partial charge >= 0.3 is 331 Å². The van der Waals surface area contributed by atoms with Crippen LogP contribution >= 0.6 is 0 Å². The zero-order chi connectivity index (χ0) is 59.3. The Kier molecular flexibility index (Phi) is 13.3. The molecule has 12 aromatic rings. The summed E-state index contributed by atoms with van der Waals surface area (Å²) < 4.78 is 13.1. The summed E-state index contributed by atoms with van der Waals surface area (Å²) >= 11 is 2.53. The Balaban J connectivity index is 1.00. The van der Waals surface area contributed by atoms with E-state index in [9.17, 15) is 0 Å². The predicted octanol–water partition coefficient (Wildman–Crippen LogP) is 20.5. The first-order chi connectivity index (χ1) is 41.5. The minimum absolute atomic E-state index is 0.142. The SMILES string of the molecule is CC(C)(C)c1cc(Oc2[c-]c3c(cc2)C2(c4cc(C(C)(C)C)ccc4N3c3cc(C(C)(C)C)ccn3)c3ccccc3N(c3ccccc3)c3ccccc32)[c-]c(-n2[c](=[Pt])n(-c3c(-c4ccccc4)cccc3-c3ccccc3)c3ccccc32)c1. The average Bonchev–Trinajstić information content (AvgIpc) is 0.898. The summed E-state index contributed by atoms with van der Waals surface area (Å²) in [7, 11) is 0. The molecule has 0 aliphatic carbocycles. The number of imidazole rings is 1. The molecule has 1 spiro atoms. The molecule has 7 heteroatoms. The molecule has 10 aromatic carbocycles. The third kappa shape index (κ3) is 9.11. The van der Waals surface area contributed by atoms with Crippen LogP contribution in [0.3, 0.4) is 0 Å². The van der Waals surface area contributed by atoms with Crippen molar-refractivity contribution in [3.8, 4) is 45.1 Å². The van der Waals surface area contributed by atoms with E-state index in [2.05, 4.69) is 349 Å². The van der Waals surface area contributed by atoms with Crippen molar-refractivity contribution in [3.05, 3.63) is 298 Å². The number of ether oxygens (including phenoxy) is 1. The number of benzene rings is 10. The van der Waals surface area contributed by atoms with E-state index in [1.807, 2.05) is 6.20 Å². The summed E-state index contributed by atoms with van der Waals surface area (Å²) in [6.45, 7) is 20.5. The first kappa shape index (κ1) is 54.8. The third-order valence-corrected chi connectivity index (χ3v) is 18.3. The molecule has 0 radical (unpaired) electrons. The number of para-hydroxylation sites is 6. The maximum absolute atomic E-state index is 7.35. The Morgan fingerprint density at radius 3 is 1.56 bits per heavy atom. The van der Waals surface area contributed by atoms with Crippen LogP contribution in [0.1, 0.15) is 101 Å². The molecule has 0 unspecified atom stereocenters. The van der Waals surface area contributed by atoms with Crippen molar-refractivity contribution in [2.24, 2.45) is 0 Å².